The number of carbonyl (C=O) groups is 1. The highest BCUT2D eigenvalue weighted by Crippen LogP contribution is 2.55. The summed E-state index contributed by atoms with van der Waals surface area (Å²) in [4.78, 5) is 39.3. The van der Waals surface area contributed by atoms with E-state index < -0.39 is 5.69 Å². The van der Waals surface area contributed by atoms with Gasteiger partial charge in [-0.05, 0) is 43.2 Å². The van der Waals surface area contributed by atoms with Crippen LogP contribution in [0.4, 0.5) is 0 Å². The molecular weight excluding hydrogens is 320 g/mol. The maximum atomic E-state index is 12.4. The van der Waals surface area contributed by atoms with E-state index in [1.807, 2.05) is 0 Å². The van der Waals surface area contributed by atoms with E-state index in [-0.39, 0.29) is 30.6 Å². The molecule has 6 heteroatoms. The van der Waals surface area contributed by atoms with Crippen LogP contribution in [0.1, 0.15) is 32.1 Å². The van der Waals surface area contributed by atoms with Crippen molar-refractivity contribution in [1.29, 1.82) is 0 Å². The number of aromatic amines is 1. The van der Waals surface area contributed by atoms with Gasteiger partial charge in [0.25, 0.3) is 5.56 Å². The number of para-hydroxylation sites is 1. The van der Waals surface area contributed by atoms with Crippen molar-refractivity contribution in [2.75, 3.05) is 6.61 Å². The largest absolute Gasteiger partial charge is 0.465 e. The average molecular weight is 342 g/mol. The summed E-state index contributed by atoms with van der Waals surface area (Å²) in [6.07, 6.45) is 5.19. The lowest BCUT2D eigenvalue weighted by atomic mass is 10.0. The Morgan fingerprint density at radius 2 is 1.88 bits per heavy atom. The molecule has 25 heavy (non-hydrogen) atoms. The predicted molar refractivity (Wildman–Crippen MR) is 93.3 cm³/mol. The molecule has 0 spiro atoms. The SMILES string of the molecule is O=C(OCCCn1c(=O)[nH]c2ccccc2c1=O)C1[C@@H]2CCCC[C@@H]12. The van der Waals surface area contributed by atoms with Crippen LogP contribution in [0.3, 0.4) is 0 Å². The molecule has 1 aromatic heterocycles. The summed E-state index contributed by atoms with van der Waals surface area (Å²) in [6.45, 7) is 0.483. The van der Waals surface area contributed by atoms with Gasteiger partial charge in [0.05, 0.1) is 23.4 Å². The van der Waals surface area contributed by atoms with E-state index in [4.69, 9.17) is 4.74 Å². The highest BCUT2D eigenvalue weighted by atomic mass is 16.5. The topological polar surface area (TPSA) is 81.2 Å². The smallest absolute Gasteiger partial charge is 0.328 e. The lowest BCUT2D eigenvalue weighted by Gasteiger charge is -2.07. The number of benzene rings is 1. The van der Waals surface area contributed by atoms with Gasteiger partial charge in [-0.25, -0.2) is 4.79 Å². The third kappa shape index (κ3) is 3.01. The van der Waals surface area contributed by atoms with E-state index in [2.05, 4.69) is 4.98 Å². The molecule has 4 rings (SSSR count). The van der Waals surface area contributed by atoms with Crippen LogP contribution >= 0.6 is 0 Å². The number of fused-ring (bicyclic) bond motifs is 2. The number of nitrogens with one attached hydrogen (secondary N) is 1. The van der Waals surface area contributed by atoms with Gasteiger partial charge in [-0.2, -0.15) is 0 Å². The molecule has 0 amide bonds. The van der Waals surface area contributed by atoms with Crippen molar-refractivity contribution < 1.29 is 9.53 Å². The Balaban J connectivity index is 1.35. The molecule has 6 nitrogen and oxygen atoms in total. The highest BCUT2D eigenvalue weighted by molar-refractivity contribution is 5.77. The van der Waals surface area contributed by atoms with Gasteiger partial charge in [-0.15, -0.1) is 0 Å². The van der Waals surface area contributed by atoms with Crippen molar-refractivity contribution >= 4 is 16.9 Å². The second-order valence-corrected chi connectivity index (χ2v) is 7.09. The zero-order valence-corrected chi connectivity index (χ0v) is 14.1. The first-order chi connectivity index (χ1) is 12.2. The molecule has 0 aliphatic heterocycles. The van der Waals surface area contributed by atoms with Crippen LogP contribution in [0.5, 0.6) is 0 Å². The number of aromatic nitrogens is 2. The summed E-state index contributed by atoms with van der Waals surface area (Å²) >= 11 is 0. The Bertz CT molecular complexity index is 902. The Labute approximate surface area is 144 Å². The van der Waals surface area contributed by atoms with Gasteiger partial charge in [0.15, 0.2) is 0 Å². The van der Waals surface area contributed by atoms with Crippen molar-refractivity contribution in [2.45, 2.75) is 38.6 Å². The van der Waals surface area contributed by atoms with Crippen molar-refractivity contribution in [2.24, 2.45) is 17.8 Å². The molecule has 2 aliphatic rings. The molecule has 0 unspecified atom stereocenters. The quantitative estimate of drug-likeness (QED) is 0.666. The fourth-order valence-electron chi connectivity index (χ4n) is 4.24. The van der Waals surface area contributed by atoms with Crippen LogP contribution in [0.25, 0.3) is 10.9 Å². The molecule has 1 N–H and O–H groups in total. The first-order valence-corrected chi connectivity index (χ1v) is 9.05. The van der Waals surface area contributed by atoms with Gasteiger partial charge in [-0.1, -0.05) is 25.0 Å². The Morgan fingerprint density at radius 1 is 1.16 bits per heavy atom. The Morgan fingerprint density at radius 3 is 2.64 bits per heavy atom. The summed E-state index contributed by atoms with van der Waals surface area (Å²) in [5.41, 5.74) is -0.196. The van der Waals surface area contributed by atoms with E-state index in [1.54, 1.807) is 24.3 Å². The predicted octanol–water partition coefficient (Wildman–Crippen LogP) is 2.06. The summed E-state index contributed by atoms with van der Waals surface area (Å²) in [7, 11) is 0. The van der Waals surface area contributed by atoms with Gasteiger partial charge in [0.1, 0.15) is 0 Å². The van der Waals surface area contributed by atoms with Crippen LogP contribution in [0.2, 0.25) is 0 Å². The van der Waals surface area contributed by atoms with Crippen LogP contribution < -0.4 is 11.2 Å². The number of rotatable bonds is 5. The Kier molecular flexibility index (Phi) is 4.19. The number of H-pyrrole nitrogens is 1. The minimum atomic E-state index is -0.428. The normalized spacial score (nSPS) is 24.7. The van der Waals surface area contributed by atoms with E-state index in [0.717, 1.165) is 12.8 Å². The van der Waals surface area contributed by atoms with Crippen molar-refractivity contribution in [3.05, 3.63) is 45.1 Å². The molecule has 2 aliphatic carbocycles. The fraction of sp³-hybridized carbons (Fsp3) is 0.526. The van der Waals surface area contributed by atoms with Crippen molar-refractivity contribution in [3.8, 4) is 0 Å². The third-order valence-electron chi connectivity index (χ3n) is 5.59. The first-order valence-electron chi connectivity index (χ1n) is 9.05. The molecular formula is C19H22N2O4. The maximum absolute atomic E-state index is 12.4. The molecule has 2 aromatic rings. The zero-order valence-electron chi connectivity index (χ0n) is 14.1. The van der Waals surface area contributed by atoms with Crippen LogP contribution in [0, 0.1) is 17.8 Å². The van der Waals surface area contributed by atoms with Crippen LogP contribution in [-0.4, -0.2) is 22.1 Å². The number of nitrogens with zero attached hydrogens (tertiary/aromatic N) is 1. The van der Waals surface area contributed by atoms with Gasteiger partial charge in [0, 0.05) is 6.54 Å². The molecule has 1 heterocycles. The maximum Gasteiger partial charge on any atom is 0.328 e. The standard InChI is InChI=1S/C19H22N2O4/c22-17-14-8-3-4-9-15(14)20-19(24)21(17)10-5-11-25-18(23)16-12-6-1-2-7-13(12)16/h3-4,8-9,12-13,16H,1-2,5-7,10-11H2,(H,20,24)/t12-,13-/m1/s1. The van der Waals surface area contributed by atoms with E-state index >= 15 is 0 Å². The van der Waals surface area contributed by atoms with E-state index in [0.29, 0.717) is 29.2 Å². The first kappa shape index (κ1) is 16.1. The molecule has 0 radical (unpaired) electrons. The van der Waals surface area contributed by atoms with Crippen molar-refractivity contribution in [3.63, 3.8) is 0 Å². The van der Waals surface area contributed by atoms with Crippen LogP contribution in [-0.2, 0) is 16.1 Å². The fourth-order valence-corrected chi connectivity index (χ4v) is 4.24. The second kappa shape index (κ2) is 6.50. The molecule has 2 fully saturated rings. The summed E-state index contributed by atoms with van der Waals surface area (Å²) in [5.74, 6) is 1.06. The van der Waals surface area contributed by atoms with Crippen LogP contribution in [0.15, 0.2) is 33.9 Å². The number of hydrogen-bond donors (Lipinski definition) is 1. The van der Waals surface area contributed by atoms with Crippen molar-refractivity contribution in [1.82, 2.24) is 9.55 Å². The lowest BCUT2D eigenvalue weighted by molar-refractivity contribution is -0.146. The molecule has 132 valence electrons. The highest BCUT2D eigenvalue weighted by Gasteiger charge is 2.55. The minimum Gasteiger partial charge on any atom is -0.465 e. The molecule has 1 aromatic carbocycles. The number of hydrogen-bond acceptors (Lipinski definition) is 4. The zero-order chi connectivity index (χ0) is 17.4. The minimum absolute atomic E-state index is 0.0919. The monoisotopic (exact) mass is 342 g/mol. The molecule has 2 atom stereocenters. The molecule has 0 saturated heterocycles. The van der Waals surface area contributed by atoms with E-state index in [1.165, 1.54) is 17.4 Å². The molecule has 2 saturated carbocycles. The van der Waals surface area contributed by atoms with Gasteiger partial charge in [0.2, 0.25) is 0 Å². The van der Waals surface area contributed by atoms with Gasteiger partial charge < -0.3 is 9.72 Å². The summed E-state index contributed by atoms with van der Waals surface area (Å²) < 4.78 is 6.55. The Hall–Kier alpha value is -2.37. The molecule has 0 bridgehead atoms. The lowest BCUT2D eigenvalue weighted by Crippen LogP contribution is -2.35. The average Bonchev–Trinajstić information content (AvgIpc) is 3.35. The van der Waals surface area contributed by atoms with Gasteiger partial charge in [-0.3, -0.25) is 14.2 Å². The number of esters is 1. The summed E-state index contributed by atoms with van der Waals surface area (Å²) in [6, 6.07) is 6.94. The summed E-state index contributed by atoms with van der Waals surface area (Å²) in [5, 5.41) is 0.487. The van der Waals surface area contributed by atoms with E-state index in [9.17, 15) is 14.4 Å². The third-order valence-corrected chi connectivity index (χ3v) is 5.59. The van der Waals surface area contributed by atoms with Gasteiger partial charge >= 0.3 is 11.7 Å². The second-order valence-electron chi connectivity index (χ2n) is 7.09. The number of carbonyl (C=O) groups excluding carboxylic acids is 1. The number of ether oxygens (including phenoxy) is 1.